The van der Waals surface area contributed by atoms with Crippen LogP contribution in [0.15, 0.2) is 24.8 Å². The first kappa shape index (κ1) is 17.9. The Hall–Kier alpha value is -1.14. The highest BCUT2D eigenvalue weighted by Gasteiger charge is 2.31. The van der Waals surface area contributed by atoms with Crippen LogP contribution in [0.3, 0.4) is 0 Å². The molecule has 0 aliphatic rings. The molecule has 0 heterocycles. The summed E-state index contributed by atoms with van der Waals surface area (Å²) in [4.78, 5) is 0. The first-order valence-corrected chi connectivity index (χ1v) is 7.83. The zero-order chi connectivity index (χ0) is 16.4. The second kappa shape index (κ2) is 6.75. The van der Waals surface area contributed by atoms with Crippen LogP contribution in [0.1, 0.15) is 49.8 Å². The zero-order valence-electron chi connectivity index (χ0n) is 12.3. The molecule has 2 unspecified atom stereocenters. The van der Waals surface area contributed by atoms with Gasteiger partial charge < -0.3 is 0 Å². The van der Waals surface area contributed by atoms with Gasteiger partial charge in [0.25, 0.3) is 0 Å². The van der Waals surface area contributed by atoms with Gasteiger partial charge in [0, 0.05) is 5.25 Å². The van der Waals surface area contributed by atoms with Gasteiger partial charge in [-0.25, -0.2) is 4.21 Å². The van der Waals surface area contributed by atoms with Gasteiger partial charge in [0.2, 0.25) is 0 Å². The molecule has 0 aliphatic carbocycles. The Morgan fingerprint density at radius 1 is 1.33 bits per heavy atom. The van der Waals surface area contributed by atoms with Crippen LogP contribution in [0.25, 0.3) is 5.57 Å². The van der Waals surface area contributed by atoms with E-state index >= 15 is 0 Å². The molecule has 0 spiro atoms. The van der Waals surface area contributed by atoms with Gasteiger partial charge in [-0.15, -0.1) is 0 Å². The first-order valence-electron chi connectivity index (χ1n) is 6.55. The molecule has 0 radical (unpaired) electrons. The molecule has 0 aromatic heterocycles. The van der Waals surface area contributed by atoms with Crippen LogP contribution in [0, 0.1) is 0 Å². The highest BCUT2D eigenvalue weighted by molar-refractivity contribution is 7.83. The van der Waals surface area contributed by atoms with Crippen molar-refractivity contribution in [3.05, 3.63) is 41.5 Å². The second-order valence-corrected chi connectivity index (χ2v) is 6.86. The maximum Gasteiger partial charge on any atom is 0.416 e. The maximum absolute atomic E-state index is 13.0. The fraction of sp³-hybridized carbons (Fsp3) is 0.467. The van der Waals surface area contributed by atoms with E-state index in [1.807, 2.05) is 0 Å². The van der Waals surface area contributed by atoms with Crippen molar-refractivity contribution in [2.24, 2.45) is 5.14 Å². The van der Waals surface area contributed by atoms with Gasteiger partial charge in [-0.3, -0.25) is 5.14 Å². The van der Waals surface area contributed by atoms with Crippen LogP contribution >= 0.6 is 0 Å². The third-order valence-electron chi connectivity index (χ3n) is 3.43. The third kappa shape index (κ3) is 4.97. The molecule has 3 atom stereocenters. The number of halogens is 3. The van der Waals surface area contributed by atoms with E-state index in [0.29, 0.717) is 23.1 Å². The van der Waals surface area contributed by atoms with E-state index in [1.54, 1.807) is 26.8 Å². The SMILES string of the molecule is C=C(C)c1cc([C@H](C)CC(C)S(N)=O)cc(C(F)(F)F)c1. The Kier molecular flexibility index (Phi) is 5.75. The third-order valence-corrected chi connectivity index (χ3v) is 4.41. The number of hydrogen-bond acceptors (Lipinski definition) is 1. The Balaban J connectivity index is 3.19. The van der Waals surface area contributed by atoms with E-state index in [2.05, 4.69) is 6.58 Å². The molecule has 0 saturated carbocycles. The molecule has 0 aliphatic heterocycles. The van der Waals surface area contributed by atoms with Gasteiger partial charge in [0.1, 0.15) is 0 Å². The number of alkyl halides is 3. The van der Waals surface area contributed by atoms with E-state index in [4.69, 9.17) is 5.14 Å². The summed E-state index contributed by atoms with van der Waals surface area (Å²) in [5.74, 6) is -0.173. The highest BCUT2D eigenvalue weighted by Crippen LogP contribution is 2.34. The average molecular weight is 319 g/mol. The highest BCUT2D eigenvalue weighted by atomic mass is 32.2. The van der Waals surface area contributed by atoms with E-state index in [-0.39, 0.29) is 11.2 Å². The predicted octanol–water partition coefficient (Wildman–Crippen LogP) is 4.24. The molecule has 0 fully saturated rings. The minimum atomic E-state index is -4.40. The lowest BCUT2D eigenvalue weighted by Gasteiger charge is -2.19. The summed E-state index contributed by atoms with van der Waals surface area (Å²) < 4.78 is 50.1. The van der Waals surface area contributed by atoms with E-state index in [0.717, 1.165) is 12.1 Å². The summed E-state index contributed by atoms with van der Waals surface area (Å²) in [5.41, 5.74) is 0.907. The van der Waals surface area contributed by atoms with Crippen molar-refractivity contribution < 1.29 is 17.4 Å². The van der Waals surface area contributed by atoms with Gasteiger partial charge >= 0.3 is 6.18 Å². The van der Waals surface area contributed by atoms with Gasteiger partial charge in [-0.2, -0.15) is 13.2 Å². The Bertz CT molecular complexity index is 554. The van der Waals surface area contributed by atoms with Crippen LogP contribution in [0.5, 0.6) is 0 Å². The summed E-state index contributed by atoms with van der Waals surface area (Å²) >= 11 is 0. The van der Waals surface area contributed by atoms with Crippen molar-refractivity contribution in [3.8, 4) is 0 Å². The quantitative estimate of drug-likeness (QED) is 0.866. The number of hydrogen-bond donors (Lipinski definition) is 1. The number of nitrogens with two attached hydrogens (primary N) is 1. The fourth-order valence-corrected chi connectivity index (χ4v) is 2.55. The Labute approximate surface area is 125 Å². The molecular formula is C15H20F3NOS. The minimum Gasteiger partial charge on any atom is -0.252 e. The van der Waals surface area contributed by atoms with Gasteiger partial charge in [0.15, 0.2) is 0 Å². The minimum absolute atomic E-state index is 0.173. The summed E-state index contributed by atoms with van der Waals surface area (Å²) in [6.07, 6.45) is -3.94. The summed E-state index contributed by atoms with van der Waals surface area (Å²) in [5, 5.41) is 5.04. The van der Waals surface area contributed by atoms with Crippen molar-refractivity contribution >= 4 is 16.6 Å². The molecule has 21 heavy (non-hydrogen) atoms. The first-order chi connectivity index (χ1) is 9.52. The molecule has 1 aromatic carbocycles. The van der Waals surface area contributed by atoms with Crippen molar-refractivity contribution in [2.75, 3.05) is 0 Å². The molecular weight excluding hydrogens is 299 g/mol. The second-order valence-electron chi connectivity index (χ2n) is 5.40. The molecule has 2 nitrogen and oxygen atoms in total. The standard InChI is InChI=1S/C15H20F3NOS/c1-9(2)12-6-13(8-14(7-12)15(16,17)18)10(3)5-11(4)21(19)20/h6-8,10-11H,1,5,19H2,2-4H3/t10-,11?,21?/m1/s1. The lowest BCUT2D eigenvalue weighted by Crippen LogP contribution is -2.20. The smallest absolute Gasteiger partial charge is 0.252 e. The van der Waals surface area contributed by atoms with Crippen LogP contribution < -0.4 is 5.14 Å². The summed E-state index contributed by atoms with van der Waals surface area (Å²) in [6, 6.07) is 3.95. The predicted molar refractivity (Wildman–Crippen MR) is 81.0 cm³/mol. The Morgan fingerprint density at radius 2 is 1.90 bits per heavy atom. The summed E-state index contributed by atoms with van der Waals surface area (Å²) in [6.45, 7) is 8.90. The van der Waals surface area contributed by atoms with Crippen LogP contribution in [-0.2, 0) is 17.2 Å². The van der Waals surface area contributed by atoms with Crippen LogP contribution in [0.2, 0.25) is 0 Å². The molecule has 0 amide bonds. The van der Waals surface area contributed by atoms with E-state index < -0.39 is 22.7 Å². The molecule has 6 heteroatoms. The van der Waals surface area contributed by atoms with Crippen LogP contribution in [-0.4, -0.2) is 9.46 Å². The molecule has 0 saturated heterocycles. The molecule has 2 N–H and O–H groups in total. The fourth-order valence-electron chi connectivity index (χ4n) is 2.08. The van der Waals surface area contributed by atoms with Gasteiger partial charge in [-0.05, 0) is 49.4 Å². The van der Waals surface area contributed by atoms with Crippen molar-refractivity contribution in [2.45, 2.75) is 44.5 Å². The van der Waals surface area contributed by atoms with Crippen molar-refractivity contribution in [1.82, 2.24) is 0 Å². The lowest BCUT2D eigenvalue weighted by atomic mass is 9.91. The van der Waals surface area contributed by atoms with Gasteiger partial charge in [-0.1, -0.05) is 25.1 Å². The average Bonchev–Trinajstić information content (AvgIpc) is 2.36. The largest absolute Gasteiger partial charge is 0.416 e. The monoisotopic (exact) mass is 319 g/mol. The molecule has 0 bridgehead atoms. The van der Waals surface area contributed by atoms with Gasteiger partial charge in [0.05, 0.1) is 16.5 Å². The van der Waals surface area contributed by atoms with Crippen molar-refractivity contribution in [1.29, 1.82) is 0 Å². The van der Waals surface area contributed by atoms with E-state index in [9.17, 15) is 17.4 Å². The maximum atomic E-state index is 13.0. The summed E-state index contributed by atoms with van der Waals surface area (Å²) in [7, 11) is -1.48. The zero-order valence-corrected chi connectivity index (χ0v) is 13.1. The number of rotatable bonds is 5. The number of allylic oxidation sites excluding steroid dienone is 1. The number of benzene rings is 1. The lowest BCUT2D eigenvalue weighted by molar-refractivity contribution is -0.137. The molecule has 1 aromatic rings. The normalized spacial score (nSPS) is 16.3. The van der Waals surface area contributed by atoms with Crippen LogP contribution in [0.4, 0.5) is 13.2 Å². The molecule has 118 valence electrons. The Morgan fingerprint density at radius 3 is 2.33 bits per heavy atom. The molecule has 1 rings (SSSR count). The van der Waals surface area contributed by atoms with Crippen molar-refractivity contribution in [3.63, 3.8) is 0 Å². The van der Waals surface area contributed by atoms with E-state index in [1.165, 1.54) is 0 Å². The topological polar surface area (TPSA) is 43.1 Å².